The minimum Gasteiger partial charge on any atom is -0.300 e. The lowest BCUT2D eigenvalue weighted by Gasteiger charge is -2.11. The van der Waals surface area contributed by atoms with Gasteiger partial charge in [-0.25, -0.2) is 0 Å². The first-order chi connectivity index (χ1) is 6.57. The summed E-state index contributed by atoms with van der Waals surface area (Å²) in [6.45, 7) is 5.31. The van der Waals surface area contributed by atoms with Crippen molar-refractivity contribution in [1.29, 1.82) is 0 Å². The van der Waals surface area contributed by atoms with Crippen LogP contribution in [0.3, 0.4) is 0 Å². The Kier molecular flexibility index (Phi) is 7.35. The van der Waals surface area contributed by atoms with Crippen molar-refractivity contribution in [2.45, 2.75) is 59.3 Å². The molecule has 0 saturated carbocycles. The maximum atomic E-state index is 11.2. The van der Waals surface area contributed by atoms with Crippen LogP contribution >= 0.6 is 0 Å². The van der Waals surface area contributed by atoms with Crippen LogP contribution in [0.2, 0.25) is 0 Å². The van der Waals surface area contributed by atoms with Crippen molar-refractivity contribution in [2.75, 3.05) is 0 Å². The molecular weight excluding hydrogens is 176 g/mol. The number of hydrogen-bond donors (Lipinski definition) is 0. The number of Topliss-reactive ketones (excluding diaryl/α,β-unsaturated/α-hetero) is 2. The van der Waals surface area contributed by atoms with E-state index in [2.05, 4.69) is 6.92 Å². The summed E-state index contributed by atoms with van der Waals surface area (Å²) in [7, 11) is 0. The first-order valence-electron chi connectivity index (χ1n) is 5.57. The second-order valence-electron chi connectivity index (χ2n) is 4.06. The fraction of sp³-hybridized carbons (Fsp3) is 0.833. The molecule has 0 aromatic heterocycles. The zero-order valence-electron chi connectivity index (χ0n) is 9.64. The lowest BCUT2D eigenvalue weighted by atomic mass is 9.92. The van der Waals surface area contributed by atoms with Crippen LogP contribution in [0.1, 0.15) is 59.3 Å². The second kappa shape index (κ2) is 7.72. The van der Waals surface area contributed by atoms with Gasteiger partial charge in [0, 0.05) is 12.3 Å². The Balaban J connectivity index is 3.74. The van der Waals surface area contributed by atoms with Crippen LogP contribution in [0.15, 0.2) is 0 Å². The average Bonchev–Trinajstić information content (AvgIpc) is 2.09. The number of carbonyl (C=O) groups is 2. The van der Waals surface area contributed by atoms with Crippen LogP contribution in [0.4, 0.5) is 0 Å². The summed E-state index contributed by atoms with van der Waals surface area (Å²) < 4.78 is 0. The van der Waals surface area contributed by atoms with Crippen LogP contribution in [0, 0.1) is 5.92 Å². The molecule has 2 heteroatoms. The van der Waals surface area contributed by atoms with Gasteiger partial charge >= 0.3 is 0 Å². The molecule has 2 nitrogen and oxygen atoms in total. The van der Waals surface area contributed by atoms with Crippen LogP contribution in [-0.4, -0.2) is 11.6 Å². The SMILES string of the molecule is CCCCCC[C@H](CC(C)=O)C(C)=O. The zero-order chi connectivity index (χ0) is 11.0. The van der Waals surface area contributed by atoms with E-state index in [0.29, 0.717) is 6.42 Å². The second-order valence-corrected chi connectivity index (χ2v) is 4.06. The van der Waals surface area contributed by atoms with Gasteiger partial charge in [0.2, 0.25) is 0 Å². The molecule has 0 fully saturated rings. The Labute approximate surface area is 87.1 Å². The van der Waals surface area contributed by atoms with E-state index in [1.165, 1.54) is 19.3 Å². The van der Waals surface area contributed by atoms with Crippen molar-refractivity contribution in [3.63, 3.8) is 0 Å². The van der Waals surface area contributed by atoms with Crippen LogP contribution in [0.5, 0.6) is 0 Å². The summed E-state index contributed by atoms with van der Waals surface area (Å²) >= 11 is 0. The lowest BCUT2D eigenvalue weighted by molar-refractivity contribution is -0.126. The molecule has 14 heavy (non-hydrogen) atoms. The van der Waals surface area contributed by atoms with Gasteiger partial charge in [-0.15, -0.1) is 0 Å². The molecule has 0 aliphatic heterocycles. The van der Waals surface area contributed by atoms with Gasteiger partial charge in [0.1, 0.15) is 11.6 Å². The summed E-state index contributed by atoms with van der Waals surface area (Å²) in [4.78, 5) is 22.1. The molecule has 0 aliphatic carbocycles. The minimum absolute atomic E-state index is 0.0237. The number of unbranched alkanes of at least 4 members (excludes halogenated alkanes) is 3. The molecule has 0 aliphatic rings. The van der Waals surface area contributed by atoms with E-state index in [0.717, 1.165) is 12.8 Å². The van der Waals surface area contributed by atoms with Gasteiger partial charge in [0.05, 0.1) is 0 Å². The largest absolute Gasteiger partial charge is 0.300 e. The number of rotatable bonds is 8. The molecule has 0 N–H and O–H groups in total. The zero-order valence-corrected chi connectivity index (χ0v) is 9.64. The average molecular weight is 198 g/mol. The lowest BCUT2D eigenvalue weighted by Crippen LogP contribution is -2.14. The Morgan fingerprint density at radius 2 is 1.71 bits per heavy atom. The van der Waals surface area contributed by atoms with Crippen molar-refractivity contribution in [3.8, 4) is 0 Å². The highest BCUT2D eigenvalue weighted by atomic mass is 16.1. The summed E-state index contributed by atoms with van der Waals surface area (Å²) in [5.41, 5.74) is 0. The smallest absolute Gasteiger partial charge is 0.133 e. The summed E-state index contributed by atoms with van der Waals surface area (Å²) in [5, 5.41) is 0. The monoisotopic (exact) mass is 198 g/mol. The molecule has 0 unspecified atom stereocenters. The Bertz CT molecular complexity index is 185. The van der Waals surface area contributed by atoms with Gasteiger partial charge in [-0.2, -0.15) is 0 Å². The van der Waals surface area contributed by atoms with Gasteiger partial charge in [0.15, 0.2) is 0 Å². The minimum atomic E-state index is -0.0237. The van der Waals surface area contributed by atoms with Gasteiger partial charge in [-0.1, -0.05) is 32.6 Å². The van der Waals surface area contributed by atoms with Crippen LogP contribution in [0.25, 0.3) is 0 Å². The van der Waals surface area contributed by atoms with Gasteiger partial charge in [0.25, 0.3) is 0 Å². The highest BCUT2D eigenvalue weighted by Crippen LogP contribution is 2.15. The van der Waals surface area contributed by atoms with Crippen molar-refractivity contribution >= 4 is 11.6 Å². The van der Waals surface area contributed by atoms with Crippen molar-refractivity contribution in [2.24, 2.45) is 5.92 Å². The molecule has 0 radical (unpaired) electrons. The van der Waals surface area contributed by atoms with E-state index in [-0.39, 0.29) is 17.5 Å². The normalized spacial score (nSPS) is 12.5. The molecule has 0 spiro atoms. The highest BCUT2D eigenvalue weighted by molar-refractivity contribution is 5.85. The van der Waals surface area contributed by atoms with Gasteiger partial charge in [-0.3, -0.25) is 4.79 Å². The molecule has 0 bridgehead atoms. The molecule has 0 amide bonds. The molecule has 0 aromatic rings. The predicted octanol–water partition coefficient (Wildman–Crippen LogP) is 3.14. The van der Waals surface area contributed by atoms with Crippen LogP contribution < -0.4 is 0 Å². The molecule has 0 heterocycles. The number of hydrogen-bond acceptors (Lipinski definition) is 2. The fourth-order valence-corrected chi connectivity index (χ4v) is 1.61. The van der Waals surface area contributed by atoms with E-state index >= 15 is 0 Å². The third kappa shape index (κ3) is 6.81. The van der Waals surface area contributed by atoms with E-state index in [1.807, 2.05) is 0 Å². The Hall–Kier alpha value is -0.660. The molecule has 0 saturated heterocycles. The van der Waals surface area contributed by atoms with Crippen molar-refractivity contribution in [1.82, 2.24) is 0 Å². The molecular formula is C12H22O2. The van der Waals surface area contributed by atoms with Crippen molar-refractivity contribution < 1.29 is 9.59 Å². The first kappa shape index (κ1) is 13.3. The molecule has 0 aromatic carbocycles. The molecule has 82 valence electrons. The fourth-order valence-electron chi connectivity index (χ4n) is 1.61. The standard InChI is InChI=1S/C12H22O2/c1-4-5-6-7-8-12(11(3)14)9-10(2)13/h12H,4-9H2,1-3H3/t12-/m1/s1. The third-order valence-corrected chi connectivity index (χ3v) is 2.51. The molecule has 0 rings (SSSR count). The van der Waals surface area contributed by atoms with E-state index in [9.17, 15) is 9.59 Å². The topological polar surface area (TPSA) is 34.1 Å². The Morgan fingerprint density at radius 1 is 1.07 bits per heavy atom. The first-order valence-corrected chi connectivity index (χ1v) is 5.57. The van der Waals surface area contributed by atoms with E-state index in [4.69, 9.17) is 0 Å². The number of ketones is 2. The predicted molar refractivity (Wildman–Crippen MR) is 58.2 cm³/mol. The maximum Gasteiger partial charge on any atom is 0.133 e. The third-order valence-electron chi connectivity index (χ3n) is 2.51. The van der Waals surface area contributed by atoms with Gasteiger partial charge in [-0.05, 0) is 20.3 Å². The Morgan fingerprint density at radius 3 is 2.14 bits per heavy atom. The summed E-state index contributed by atoms with van der Waals surface area (Å²) in [6.07, 6.45) is 6.00. The van der Waals surface area contributed by atoms with E-state index in [1.54, 1.807) is 13.8 Å². The maximum absolute atomic E-state index is 11.2. The summed E-state index contributed by atoms with van der Waals surface area (Å²) in [6, 6.07) is 0. The quantitative estimate of drug-likeness (QED) is 0.561. The van der Waals surface area contributed by atoms with Gasteiger partial charge < -0.3 is 4.79 Å². The van der Waals surface area contributed by atoms with E-state index < -0.39 is 0 Å². The number of carbonyl (C=O) groups excluding carboxylic acids is 2. The summed E-state index contributed by atoms with van der Waals surface area (Å²) in [5.74, 6) is 0.266. The highest BCUT2D eigenvalue weighted by Gasteiger charge is 2.15. The molecule has 1 atom stereocenters. The van der Waals surface area contributed by atoms with Crippen LogP contribution in [-0.2, 0) is 9.59 Å². The van der Waals surface area contributed by atoms with Crippen molar-refractivity contribution in [3.05, 3.63) is 0 Å².